The molecule has 0 aromatic carbocycles. The Morgan fingerprint density at radius 1 is 1.35 bits per heavy atom. The van der Waals surface area contributed by atoms with Gasteiger partial charge < -0.3 is 4.74 Å². The van der Waals surface area contributed by atoms with Gasteiger partial charge in [-0.25, -0.2) is 9.78 Å². The van der Waals surface area contributed by atoms with Crippen molar-refractivity contribution in [3.8, 4) is 0 Å². The van der Waals surface area contributed by atoms with E-state index in [2.05, 4.69) is 20.5 Å². The molecule has 0 aliphatic heterocycles. The maximum atomic E-state index is 12.4. The molecule has 0 spiro atoms. The van der Waals surface area contributed by atoms with Crippen LogP contribution < -0.4 is 5.32 Å². The molecule has 1 aliphatic rings. The Balaban J connectivity index is 1.82. The topological polar surface area (TPSA) is 97.0 Å². The molecule has 1 amide bonds. The summed E-state index contributed by atoms with van der Waals surface area (Å²) in [7, 11) is 1.32. The molecule has 0 fully saturated rings. The number of H-pyrrole nitrogens is 1. The smallest absolute Gasteiger partial charge is 0.357 e. The Morgan fingerprint density at radius 3 is 2.91 bits per heavy atom. The van der Waals surface area contributed by atoms with Gasteiger partial charge >= 0.3 is 5.97 Å². The molecule has 0 saturated carbocycles. The van der Waals surface area contributed by atoms with Crippen LogP contribution in [0.5, 0.6) is 0 Å². The zero-order valence-electron chi connectivity index (χ0n) is 13.1. The van der Waals surface area contributed by atoms with Crippen molar-refractivity contribution in [1.29, 1.82) is 0 Å². The maximum absolute atomic E-state index is 12.4. The van der Waals surface area contributed by atoms with Gasteiger partial charge in [0.15, 0.2) is 16.5 Å². The molecular weight excluding hydrogens is 316 g/mol. The largest absolute Gasteiger partial charge is 0.464 e. The van der Waals surface area contributed by atoms with Gasteiger partial charge in [0.05, 0.1) is 7.11 Å². The summed E-state index contributed by atoms with van der Waals surface area (Å²) in [6, 6.07) is 0. The summed E-state index contributed by atoms with van der Waals surface area (Å²) < 4.78 is 4.75. The van der Waals surface area contributed by atoms with Crippen LogP contribution >= 0.6 is 11.3 Å². The second-order valence-electron chi connectivity index (χ2n) is 5.37. The number of carbonyl (C=O) groups excluding carboxylic acids is 2. The minimum atomic E-state index is -0.481. The molecule has 0 bridgehead atoms. The first kappa shape index (κ1) is 15.7. The molecule has 2 aromatic rings. The van der Waals surface area contributed by atoms with Gasteiger partial charge in [-0.05, 0) is 25.7 Å². The lowest BCUT2D eigenvalue weighted by Gasteiger charge is -1.99. The molecule has 2 N–H and O–H groups in total. The minimum absolute atomic E-state index is 0.280. The van der Waals surface area contributed by atoms with E-state index in [1.54, 1.807) is 0 Å². The van der Waals surface area contributed by atoms with Gasteiger partial charge in [-0.3, -0.25) is 15.2 Å². The standard InChI is InChI=1S/C15H18N4O3S/c1-3-5-10-12(14(21)22-2)16-15(23-10)17-13(20)11-8-6-4-7-9(8)18-19-11/h3-7H2,1-2H3,(H,18,19)(H,16,17,20). The Morgan fingerprint density at radius 2 is 2.17 bits per heavy atom. The number of thiazole rings is 1. The van der Waals surface area contributed by atoms with Crippen LogP contribution in [0.25, 0.3) is 0 Å². The molecule has 0 radical (unpaired) electrons. The van der Waals surface area contributed by atoms with Gasteiger partial charge in [-0.1, -0.05) is 13.3 Å². The summed E-state index contributed by atoms with van der Waals surface area (Å²) in [5, 5.41) is 10.2. The van der Waals surface area contributed by atoms with Crippen molar-refractivity contribution in [1.82, 2.24) is 15.2 Å². The van der Waals surface area contributed by atoms with Crippen LogP contribution in [0.15, 0.2) is 0 Å². The summed E-state index contributed by atoms with van der Waals surface area (Å²) in [6.07, 6.45) is 4.43. The molecule has 2 heterocycles. The number of rotatable bonds is 5. The highest BCUT2D eigenvalue weighted by molar-refractivity contribution is 7.16. The number of hydrogen-bond acceptors (Lipinski definition) is 6. The number of ether oxygens (including phenoxy) is 1. The van der Waals surface area contributed by atoms with E-state index in [9.17, 15) is 9.59 Å². The lowest BCUT2D eigenvalue weighted by molar-refractivity contribution is 0.0593. The van der Waals surface area contributed by atoms with Crippen LogP contribution in [0.1, 0.15) is 56.9 Å². The summed E-state index contributed by atoms with van der Waals surface area (Å²) in [6.45, 7) is 2.02. The van der Waals surface area contributed by atoms with E-state index in [4.69, 9.17) is 4.74 Å². The van der Waals surface area contributed by atoms with Crippen LogP contribution in [0.4, 0.5) is 5.13 Å². The number of aromatic nitrogens is 3. The van der Waals surface area contributed by atoms with E-state index in [0.717, 1.165) is 48.2 Å². The van der Waals surface area contributed by atoms with Crippen LogP contribution in [-0.2, 0) is 24.0 Å². The fraction of sp³-hybridized carbons (Fsp3) is 0.467. The van der Waals surface area contributed by atoms with E-state index < -0.39 is 5.97 Å². The lowest BCUT2D eigenvalue weighted by Crippen LogP contribution is -2.14. The number of anilines is 1. The van der Waals surface area contributed by atoms with Crippen molar-refractivity contribution in [2.45, 2.75) is 39.0 Å². The highest BCUT2D eigenvalue weighted by Gasteiger charge is 2.25. The molecule has 3 rings (SSSR count). The minimum Gasteiger partial charge on any atom is -0.464 e. The average Bonchev–Trinajstić information content (AvgIpc) is 3.21. The average molecular weight is 334 g/mol. The Labute approximate surface area is 137 Å². The zero-order chi connectivity index (χ0) is 16.4. The number of fused-ring (bicyclic) bond motifs is 1. The first-order chi connectivity index (χ1) is 11.1. The molecule has 1 aliphatic carbocycles. The monoisotopic (exact) mass is 334 g/mol. The third-order valence-corrected chi connectivity index (χ3v) is 4.83. The van der Waals surface area contributed by atoms with Crippen molar-refractivity contribution in [3.05, 3.63) is 27.5 Å². The number of amides is 1. The van der Waals surface area contributed by atoms with Crippen molar-refractivity contribution in [2.75, 3.05) is 12.4 Å². The summed E-state index contributed by atoms with van der Waals surface area (Å²) in [4.78, 5) is 29.2. The van der Waals surface area contributed by atoms with Crippen LogP contribution in [0.3, 0.4) is 0 Å². The van der Waals surface area contributed by atoms with Gasteiger partial charge in [-0.2, -0.15) is 5.10 Å². The van der Waals surface area contributed by atoms with Gasteiger partial charge in [0.1, 0.15) is 0 Å². The molecule has 23 heavy (non-hydrogen) atoms. The van der Waals surface area contributed by atoms with Crippen molar-refractivity contribution >= 4 is 28.3 Å². The van der Waals surface area contributed by atoms with E-state index in [0.29, 0.717) is 10.8 Å². The third-order valence-electron chi connectivity index (χ3n) is 3.80. The van der Waals surface area contributed by atoms with Crippen LogP contribution in [0.2, 0.25) is 0 Å². The predicted octanol–water partition coefficient (Wildman–Crippen LogP) is 2.35. The Bertz CT molecular complexity index is 750. The van der Waals surface area contributed by atoms with Crippen molar-refractivity contribution < 1.29 is 14.3 Å². The van der Waals surface area contributed by atoms with Crippen LogP contribution in [-0.4, -0.2) is 34.2 Å². The normalized spacial score (nSPS) is 13.0. The quantitative estimate of drug-likeness (QED) is 0.818. The first-order valence-corrected chi connectivity index (χ1v) is 8.41. The maximum Gasteiger partial charge on any atom is 0.357 e. The van der Waals surface area contributed by atoms with Crippen LogP contribution in [0, 0.1) is 0 Å². The highest BCUT2D eigenvalue weighted by atomic mass is 32.1. The third kappa shape index (κ3) is 2.98. The van der Waals surface area contributed by atoms with Crippen molar-refractivity contribution in [3.63, 3.8) is 0 Å². The van der Waals surface area contributed by atoms with Gasteiger partial charge in [0.2, 0.25) is 0 Å². The molecule has 8 heteroatoms. The number of methoxy groups -OCH3 is 1. The summed E-state index contributed by atoms with van der Waals surface area (Å²) in [5.41, 5.74) is 2.73. The van der Waals surface area contributed by atoms with Gasteiger partial charge in [0.25, 0.3) is 5.91 Å². The highest BCUT2D eigenvalue weighted by Crippen LogP contribution is 2.27. The Hall–Kier alpha value is -2.22. The molecule has 2 aromatic heterocycles. The number of hydrogen-bond donors (Lipinski definition) is 2. The van der Waals surface area contributed by atoms with Gasteiger partial charge in [-0.15, -0.1) is 11.3 Å². The van der Waals surface area contributed by atoms with E-state index >= 15 is 0 Å². The van der Waals surface area contributed by atoms with E-state index in [1.165, 1.54) is 18.4 Å². The predicted molar refractivity (Wildman–Crippen MR) is 86.0 cm³/mol. The second kappa shape index (κ2) is 6.49. The van der Waals surface area contributed by atoms with E-state index in [-0.39, 0.29) is 11.6 Å². The number of aromatic amines is 1. The fourth-order valence-electron chi connectivity index (χ4n) is 2.72. The number of nitrogens with zero attached hydrogens (tertiary/aromatic N) is 2. The number of nitrogens with one attached hydrogen (secondary N) is 2. The lowest BCUT2D eigenvalue weighted by atomic mass is 10.2. The number of carbonyl (C=O) groups is 2. The number of esters is 1. The molecule has 0 unspecified atom stereocenters. The Kier molecular flexibility index (Phi) is 4.42. The molecule has 0 atom stereocenters. The number of aryl methyl sites for hydroxylation is 2. The zero-order valence-corrected chi connectivity index (χ0v) is 13.9. The van der Waals surface area contributed by atoms with E-state index in [1.807, 2.05) is 6.92 Å². The molecule has 0 saturated heterocycles. The SMILES string of the molecule is CCCc1sc(NC(=O)c2n[nH]c3c2CCC3)nc1C(=O)OC. The molecular formula is C15H18N4O3S. The molecule has 122 valence electrons. The first-order valence-electron chi connectivity index (χ1n) is 7.59. The second-order valence-corrected chi connectivity index (χ2v) is 6.45. The molecule has 7 nitrogen and oxygen atoms in total. The van der Waals surface area contributed by atoms with Gasteiger partial charge in [0, 0.05) is 16.1 Å². The van der Waals surface area contributed by atoms with Crippen molar-refractivity contribution in [2.24, 2.45) is 0 Å². The summed E-state index contributed by atoms with van der Waals surface area (Å²) >= 11 is 1.30. The summed E-state index contributed by atoms with van der Waals surface area (Å²) in [5.74, 6) is -0.775. The fourth-order valence-corrected chi connectivity index (χ4v) is 3.77.